The van der Waals surface area contributed by atoms with Crippen LogP contribution >= 0.6 is 0 Å². The highest BCUT2D eigenvalue weighted by molar-refractivity contribution is 7.92. The van der Waals surface area contributed by atoms with Crippen molar-refractivity contribution in [3.8, 4) is 11.8 Å². The highest BCUT2D eigenvalue weighted by Crippen LogP contribution is 2.26. The van der Waals surface area contributed by atoms with E-state index < -0.39 is 10.0 Å². The van der Waals surface area contributed by atoms with Crippen LogP contribution in [0, 0.1) is 11.3 Å². The molecular weight excluding hydrogens is 324 g/mol. The maximum absolute atomic E-state index is 12.5. The third-order valence-corrected chi connectivity index (χ3v) is 5.34. The highest BCUT2D eigenvalue weighted by Gasteiger charge is 2.18. The Kier molecular flexibility index (Phi) is 4.72. The summed E-state index contributed by atoms with van der Waals surface area (Å²) in [6.07, 6.45) is 4.64. The quantitative estimate of drug-likeness (QED) is 0.899. The molecule has 1 N–H and O–H groups in total. The molecule has 2 aromatic rings. The minimum atomic E-state index is -3.75. The van der Waals surface area contributed by atoms with Crippen LogP contribution in [0.5, 0.6) is 5.75 Å². The van der Waals surface area contributed by atoms with Crippen LogP contribution in [0.25, 0.3) is 0 Å². The first kappa shape index (κ1) is 16.3. The van der Waals surface area contributed by atoms with Crippen molar-refractivity contribution in [3.05, 3.63) is 54.1 Å². The molecule has 24 heavy (non-hydrogen) atoms. The molecule has 0 atom stereocenters. The third kappa shape index (κ3) is 3.87. The Morgan fingerprint density at radius 2 is 1.83 bits per heavy atom. The van der Waals surface area contributed by atoms with Gasteiger partial charge in [-0.2, -0.15) is 5.26 Å². The van der Waals surface area contributed by atoms with E-state index in [4.69, 9.17) is 10.00 Å². The van der Waals surface area contributed by atoms with Gasteiger partial charge < -0.3 is 4.74 Å². The zero-order chi connectivity index (χ0) is 17.0. The summed E-state index contributed by atoms with van der Waals surface area (Å²) in [7, 11) is -3.75. The Morgan fingerprint density at radius 3 is 2.58 bits per heavy atom. The fourth-order valence-corrected chi connectivity index (χ4v) is 3.87. The largest absolute Gasteiger partial charge is 0.490 e. The van der Waals surface area contributed by atoms with E-state index in [1.54, 1.807) is 30.3 Å². The molecule has 1 saturated carbocycles. The molecular formula is C18H18N2O3S. The molecule has 0 bridgehead atoms. The number of hydrogen-bond donors (Lipinski definition) is 1. The number of sulfonamides is 1. The molecule has 0 radical (unpaired) electrons. The number of nitriles is 1. The molecule has 124 valence electrons. The monoisotopic (exact) mass is 342 g/mol. The van der Waals surface area contributed by atoms with E-state index in [0.717, 1.165) is 12.8 Å². The van der Waals surface area contributed by atoms with Crippen molar-refractivity contribution in [2.24, 2.45) is 0 Å². The van der Waals surface area contributed by atoms with Crippen molar-refractivity contribution in [1.82, 2.24) is 0 Å². The van der Waals surface area contributed by atoms with Crippen LogP contribution in [-0.2, 0) is 10.0 Å². The van der Waals surface area contributed by atoms with Crippen molar-refractivity contribution in [3.63, 3.8) is 0 Å². The molecule has 2 aromatic carbocycles. The number of benzene rings is 2. The first-order valence-electron chi connectivity index (χ1n) is 7.86. The molecule has 1 aliphatic rings. The Balaban J connectivity index is 1.78. The van der Waals surface area contributed by atoms with Gasteiger partial charge in [-0.15, -0.1) is 0 Å². The van der Waals surface area contributed by atoms with Crippen LogP contribution in [0.1, 0.15) is 31.2 Å². The molecule has 0 saturated heterocycles. The predicted octanol–water partition coefficient (Wildman–Crippen LogP) is 3.68. The fraction of sp³-hybridized carbons (Fsp3) is 0.278. The van der Waals surface area contributed by atoms with Gasteiger partial charge in [0.1, 0.15) is 5.75 Å². The predicted molar refractivity (Wildman–Crippen MR) is 91.3 cm³/mol. The lowest BCUT2D eigenvalue weighted by Crippen LogP contribution is -2.14. The molecule has 0 heterocycles. The normalized spacial score (nSPS) is 15.0. The van der Waals surface area contributed by atoms with Gasteiger partial charge >= 0.3 is 0 Å². The summed E-state index contributed by atoms with van der Waals surface area (Å²) in [5.74, 6) is 0.660. The fourth-order valence-electron chi connectivity index (χ4n) is 2.78. The van der Waals surface area contributed by atoms with Crippen molar-refractivity contribution in [1.29, 1.82) is 5.26 Å². The van der Waals surface area contributed by atoms with Crippen LogP contribution in [0.2, 0.25) is 0 Å². The molecule has 1 fully saturated rings. The second-order valence-electron chi connectivity index (χ2n) is 5.80. The van der Waals surface area contributed by atoms with Gasteiger partial charge in [0.2, 0.25) is 0 Å². The van der Waals surface area contributed by atoms with Crippen LogP contribution in [0.15, 0.2) is 53.4 Å². The topological polar surface area (TPSA) is 79.2 Å². The summed E-state index contributed by atoms with van der Waals surface area (Å²) in [6.45, 7) is 0. The first-order chi connectivity index (χ1) is 11.6. The van der Waals surface area contributed by atoms with E-state index >= 15 is 0 Å². The van der Waals surface area contributed by atoms with Crippen molar-refractivity contribution in [2.75, 3.05) is 4.72 Å². The van der Waals surface area contributed by atoms with E-state index in [1.807, 2.05) is 12.1 Å². The molecule has 6 heteroatoms. The molecule has 5 nitrogen and oxygen atoms in total. The summed E-state index contributed by atoms with van der Waals surface area (Å²) < 4.78 is 33.4. The van der Waals surface area contributed by atoms with Crippen LogP contribution < -0.4 is 9.46 Å². The van der Waals surface area contributed by atoms with Gasteiger partial charge in [0.15, 0.2) is 0 Å². The average molecular weight is 342 g/mol. The van der Waals surface area contributed by atoms with Crippen LogP contribution in [0.3, 0.4) is 0 Å². The minimum absolute atomic E-state index is 0.0589. The number of anilines is 1. The Bertz CT molecular complexity index is 866. The summed E-state index contributed by atoms with van der Waals surface area (Å²) in [5.41, 5.74) is 0.740. The molecule has 0 unspecified atom stereocenters. The maximum Gasteiger partial charge on any atom is 0.261 e. The van der Waals surface area contributed by atoms with Crippen molar-refractivity contribution >= 4 is 15.7 Å². The van der Waals surface area contributed by atoms with Gasteiger partial charge in [0.05, 0.1) is 28.3 Å². The van der Waals surface area contributed by atoms with Gasteiger partial charge in [0.25, 0.3) is 10.0 Å². The summed E-state index contributed by atoms with van der Waals surface area (Å²) in [4.78, 5) is 0.0589. The number of rotatable bonds is 5. The van der Waals surface area contributed by atoms with Gasteiger partial charge in [-0.25, -0.2) is 8.42 Å². The lowest BCUT2D eigenvalue weighted by atomic mass is 10.2. The summed E-state index contributed by atoms with van der Waals surface area (Å²) in [6, 6.07) is 14.8. The zero-order valence-corrected chi connectivity index (χ0v) is 13.9. The van der Waals surface area contributed by atoms with E-state index in [1.165, 1.54) is 25.0 Å². The Morgan fingerprint density at radius 1 is 1.08 bits per heavy atom. The Labute approximate surface area is 141 Å². The zero-order valence-electron chi connectivity index (χ0n) is 13.1. The van der Waals surface area contributed by atoms with Crippen LogP contribution in [0.4, 0.5) is 5.69 Å². The SMILES string of the molecule is N#Cc1cccc(S(=O)(=O)Nc2cccc(OC3CCCC3)c2)c1. The molecule has 0 aromatic heterocycles. The highest BCUT2D eigenvalue weighted by atomic mass is 32.2. The third-order valence-electron chi connectivity index (χ3n) is 3.96. The number of ether oxygens (including phenoxy) is 1. The molecule has 0 aliphatic heterocycles. The number of hydrogen-bond acceptors (Lipinski definition) is 4. The second-order valence-corrected chi connectivity index (χ2v) is 7.48. The lowest BCUT2D eigenvalue weighted by Gasteiger charge is -2.14. The second kappa shape index (κ2) is 6.93. The summed E-state index contributed by atoms with van der Waals surface area (Å²) >= 11 is 0. The van der Waals surface area contributed by atoms with Crippen molar-refractivity contribution < 1.29 is 13.2 Å². The molecule has 0 amide bonds. The standard InChI is InChI=1S/C18H18N2O3S/c19-13-14-5-3-10-18(11-14)24(21,22)20-15-6-4-9-17(12-15)23-16-7-1-2-8-16/h3-6,9-12,16,20H,1-2,7-8H2. The van der Waals surface area contributed by atoms with Gasteiger partial charge in [0, 0.05) is 6.07 Å². The maximum atomic E-state index is 12.5. The van der Waals surface area contributed by atoms with Crippen LogP contribution in [-0.4, -0.2) is 14.5 Å². The average Bonchev–Trinajstić information content (AvgIpc) is 3.08. The van der Waals surface area contributed by atoms with E-state index in [-0.39, 0.29) is 11.0 Å². The van der Waals surface area contributed by atoms with Gasteiger partial charge in [-0.1, -0.05) is 12.1 Å². The summed E-state index contributed by atoms with van der Waals surface area (Å²) in [5, 5.41) is 8.91. The smallest absolute Gasteiger partial charge is 0.261 e. The lowest BCUT2D eigenvalue weighted by molar-refractivity contribution is 0.210. The number of nitrogens with zero attached hydrogens (tertiary/aromatic N) is 1. The molecule has 0 spiro atoms. The molecule has 3 rings (SSSR count). The van der Waals surface area contributed by atoms with E-state index in [2.05, 4.69) is 4.72 Å². The van der Waals surface area contributed by atoms with Crippen molar-refractivity contribution in [2.45, 2.75) is 36.7 Å². The molecule has 1 aliphatic carbocycles. The van der Waals surface area contributed by atoms with Gasteiger partial charge in [-0.05, 0) is 56.0 Å². The first-order valence-corrected chi connectivity index (χ1v) is 9.35. The minimum Gasteiger partial charge on any atom is -0.490 e. The Hall–Kier alpha value is -2.52. The van der Waals surface area contributed by atoms with E-state index in [9.17, 15) is 8.42 Å². The van der Waals surface area contributed by atoms with E-state index in [0.29, 0.717) is 17.0 Å². The number of nitrogens with one attached hydrogen (secondary N) is 1. The van der Waals surface area contributed by atoms with Gasteiger partial charge in [-0.3, -0.25) is 4.72 Å².